The Morgan fingerprint density at radius 3 is 2.32 bits per heavy atom. The van der Waals surface area contributed by atoms with Crippen LogP contribution in [0.3, 0.4) is 0 Å². The van der Waals surface area contributed by atoms with Crippen LogP contribution in [0.1, 0.15) is 66.1 Å². The van der Waals surface area contributed by atoms with Gasteiger partial charge < -0.3 is 19.8 Å². The molecule has 47 heavy (non-hydrogen) atoms. The molecule has 248 valence electrons. The molecule has 2 heterocycles. The number of amides is 3. The molecule has 1 aliphatic heterocycles. The topological polar surface area (TPSA) is 159 Å². The number of sulfonamides is 1. The molecule has 5 rings (SSSR count). The van der Waals surface area contributed by atoms with Gasteiger partial charge in [0.25, 0.3) is 11.8 Å². The van der Waals surface area contributed by atoms with Gasteiger partial charge in [0, 0.05) is 40.0 Å². The number of likely N-dealkylation sites (tertiary alicyclic amines) is 1. The summed E-state index contributed by atoms with van der Waals surface area (Å²) in [5.74, 6) is -2.68. The van der Waals surface area contributed by atoms with Gasteiger partial charge in [-0.2, -0.15) is 0 Å². The maximum absolute atomic E-state index is 13.8. The zero-order valence-corrected chi connectivity index (χ0v) is 28.1. The molecule has 3 amide bonds. The number of piperidine rings is 1. The number of hydrogen-bond donors (Lipinski definition) is 3. The summed E-state index contributed by atoms with van der Waals surface area (Å²) in [5, 5.41) is 19.4. The van der Waals surface area contributed by atoms with Gasteiger partial charge >= 0.3 is 0 Å². The van der Waals surface area contributed by atoms with Crippen LogP contribution < -0.4 is 10.0 Å². The zero-order valence-electron chi connectivity index (χ0n) is 26.5. The number of benzene rings is 3. The first-order valence-electron chi connectivity index (χ1n) is 15.2. The standard InChI is InChI=1S/C34H37ClN4O7S/c1-21(2)29(32(42)39-17-16-34(43,33(3,4)20-39)24-12-14-25(35)15-13-24)36-30(40)22-8-7-9-23(18-22)31(41)38-47(44,45)19-27-26-10-5-6-11-28(26)46-37-27/h5-15,18,21,29,43H,16-17,19-20H2,1-4H3,(H,36,40)(H,38,41)/t29-,34+/m1/s1. The highest BCUT2D eigenvalue weighted by Gasteiger charge is 2.50. The average molecular weight is 681 g/mol. The molecule has 0 spiro atoms. The molecule has 1 fully saturated rings. The summed E-state index contributed by atoms with van der Waals surface area (Å²) in [4.78, 5) is 41.8. The molecule has 11 nitrogen and oxygen atoms in total. The minimum Gasteiger partial charge on any atom is -0.384 e. The third-order valence-electron chi connectivity index (χ3n) is 8.72. The smallest absolute Gasteiger partial charge is 0.264 e. The van der Waals surface area contributed by atoms with Gasteiger partial charge in [-0.15, -0.1) is 0 Å². The number of nitrogens with zero attached hydrogens (tertiary/aromatic N) is 2. The number of hydrogen-bond acceptors (Lipinski definition) is 8. The summed E-state index contributed by atoms with van der Waals surface area (Å²) in [6.45, 7) is 7.94. The van der Waals surface area contributed by atoms with Gasteiger partial charge in [0.1, 0.15) is 17.5 Å². The summed E-state index contributed by atoms with van der Waals surface area (Å²) in [7, 11) is -4.16. The second kappa shape index (κ2) is 13.1. The molecule has 0 aliphatic carbocycles. The van der Waals surface area contributed by atoms with E-state index in [0.29, 0.717) is 22.4 Å². The Morgan fingerprint density at radius 2 is 1.66 bits per heavy atom. The van der Waals surface area contributed by atoms with E-state index in [-0.39, 0.29) is 41.7 Å². The van der Waals surface area contributed by atoms with Crippen molar-refractivity contribution in [1.82, 2.24) is 20.1 Å². The molecule has 2 atom stereocenters. The Bertz CT molecular complexity index is 1920. The maximum Gasteiger partial charge on any atom is 0.264 e. The van der Waals surface area contributed by atoms with Crippen molar-refractivity contribution in [1.29, 1.82) is 0 Å². The number of nitrogens with one attached hydrogen (secondary N) is 2. The number of rotatable bonds is 9. The van der Waals surface area contributed by atoms with Crippen LogP contribution >= 0.6 is 11.6 Å². The first kappa shape index (κ1) is 34.1. The average Bonchev–Trinajstić information content (AvgIpc) is 3.42. The first-order chi connectivity index (χ1) is 22.1. The van der Waals surface area contributed by atoms with E-state index in [2.05, 4.69) is 10.5 Å². The van der Waals surface area contributed by atoms with Gasteiger partial charge in [-0.1, -0.05) is 74.8 Å². The number of halogens is 1. The molecular formula is C34H37ClN4O7S. The third-order valence-corrected chi connectivity index (χ3v) is 10.1. The minimum absolute atomic E-state index is 0.0575. The predicted molar refractivity (Wildman–Crippen MR) is 177 cm³/mol. The number of carbonyl (C=O) groups is 3. The summed E-state index contributed by atoms with van der Waals surface area (Å²) >= 11 is 6.05. The van der Waals surface area contributed by atoms with Crippen molar-refractivity contribution >= 4 is 50.3 Å². The molecule has 1 saturated heterocycles. The SMILES string of the molecule is CC(C)[C@@H](NC(=O)c1cccc(C(=O)NS(=O)(=O)Cc2noc3ccccc23)c1)C(=O)N1CC[C@](O)(c2ccc(Cl)cc2)C(C)(C)C1. The second-order valence-corrected chi connectivity index (χ2v) is 15.0. The molecule has 1 aliphatic rings. The van der Waals surface area contributed by atoms with E-state index in [1.54, 1.807) is 53.4 Å². The van der Waals surface area contributed by atoms with E-state index >= 15 is 0 Å². The van der Waals surface area contributed by atoms with Gasteiger partial charge in [-0.3, -0.25) is 14.4 Å². The van der Waals surface area contributed by atoms with Gasteiger partial charge in [0.2, 0.25) is 15.9 Å². The Kier molecular flexibility index (Phi) is 9.50. The van der Waals surface area contributed by atoms with Gasteiger partial charge in [-0.25, -0.2) is 13.1 Å². The van der Waals surface area contributed by atoms with Crippen molar-refractivity contribution in [3.8, 4) is 0 Å². The lowest BCUT2D eigenvalue weighted by atomic mass is 9.66. The highest BCUT2D eigenvalue weighted by atomic mass is 35.5. The van der Waals surface area contributed by atoms with E-state index < -0.39 is 44.6 Å². The maximum atomic E-state index is 13.8. The van der Waals surface area contributed by atoms with Crippen LogP contribution in [-0.2, 0) is 26.2 Å². The largest absolute Gasteiger partial charge is 0.384 e. The van der Waals surface area contributed by atoms with Crippen LogP contribution in [0.5, 0.6) is 0 Å². The Balaban J connectivity index is 1.26. The highest BCUT2D eigenvalue weighted by molar-refractivity contribution is 7.89. The lowest BCUT2D eigenvalue weighted by Crippen LogP contribution is -2.60. The molecule has 13 heteroatoms. The number of carbonyl (C=O) groups excluding carboxylic acids is 3. The number of fused-ring (bicyclic) bond motifs is 1. The predicted octanol–water partition coefficient (Wildman–Crippen LogP) is 4.64. The van der Waals surface area contributed by atoms with Crippen LogP contribution in [0, 0.1) is 11.3 Å². The number of aromatic nitrogens is 1. The Hall–Kier alpha value is -4.26. The zero-order chi connectivity index (χ0) is 34.1. The van der Waals surface area contributed by atoms with Crippen molar-refractivity contribution in [3.05, 3.63) is 100 Å². The number of para-hydroxylation sites is 1. The minimum atomic E-state index is -4.16. The van der Waals surface area contributed by atoms with Crippen LogP contribution in [0.25, 0.3) is 11.0 Å². The van der Waals surface area contributed by atoms with E-state index in [9.17, 15) is 27.9 Å². The van der Waals surface area contributed by atoms with E-state index in [1.807, 2.05) is 32.4 Å². The fraction of sp³-hybridized carbons (Fsp3) is 0.353. The van der Waals surface area contributed by atoms with Crippen LogP contribution in [-0.4, -0.2) is 60.4 Å². The summed E-state index contributed by atoms with van der Waals surface area (Å²) in [6, 6.07) is 18.5. The van der Waals surface area contributed by atoms with Crippen molar-refractivity contribution in [3.63, 3.8) is 0 Å². The molecule has 3 N–H and O–H groups in total. The van der Waals surface area contributed by atoms with Crippen LogP contribution in [0.2, 0.25) is 5.02 Å². The molecule has 0 bridgehead atoms. The van der Waals surface area contributed by atoms with Crippen molar-refractivity contribution in [2.45, 2.75) is 51.5 Å². The van der Waals surface area contributed by atoms with Crippen molar-refractivity contribution in [2.24, 2.45) is 11.3 Å². The molecular weight excluding hydrogens is 644 g/mol. The first-order valence-corrected chi connectivity index (χ1v) is 17.2. The Morgan fingerprint density at radius 1 is 1.00 bits per heavy atom. The van der Waals surface area contributed by atoms with E-state index in [0.717, 1.165) is 5.56 Å². The van der Waals surface area contributed by atoms with Crippen LogP contribution in [0.15, 0.2) is 77.3 Å². The fourth-order valence-electron chi connectivity index (χ4n) is 5.97. The van der Waals surface area contributed by atoms with Crippen LogP contribution in [0.4, 0.5) is 0 Å². The molecule has 4 aromatic rings. The normalized spacial score (nSPS) is 18.6. The molecule has 0 unspecified atom stereocenters. The molecule has 1 aromatic heterocycles. The van der Waals surface area contributed by atoms with E-state index in [4.69, 9.17) is 16.1 Å². The quantitative estimate of drug-likeness (QED) is 0.231. The highest BCUT2D eigenvalue weighted by Crippen LogP contribution is 2.46. The molecule has 0 radical (unpaired) electrons. The van der Waals surface area contributed by atoms with Gasteiger partial charge in [-0.05, 0) is 60.4 Å². The molecule has 0 saturated carbocycles. The lowest BCUT2D eigenvalue weighted by Gasteiger charge is -2.51. The summed E-state index contributed by atoms with van der Waals surface area (Å²) in [5.41, 5.74) is -0.596. The van der Waals surface area contributed by atoms with E-state index in [1.165, 1.54) is 24.3 Å². The monoisotopic (exact) mass is 680 g/mol. The van der Waals surface area contributed by atoms with Gasteiger partial charge in [0.15, 0.2) is 5.58 Å². The summed E-state index contributed by atoms with van der Waals surface area (Å²) in [6.07, 6.45) is 0.291. The van der Waals surface area contributed by atoms with Crippen molar-refractivity contribution in [2.75, 3.05) is 13.1 Å². The van der Waals surface area contributed by atoms with Gasteiger partial charge in [0.05, 0.1) is 5.60 Å². The second-order valence-electron chi connectivity index (χ2n) is 12.9. The summed E-state index contributed by atoms with van der Waals surface area (Å²) < 4.78 is 32.8. The number of aliphatic hydroxyl groups is 1. The molecule has 3 aromatic carbocycles. The Labute approximate surface area is 278 Å². The third kappa shape index (κ3) is 7.19. The lowest BCUT2D eigenvalue weighted by molar-refractivity contribution is -0.155. The fourth-order valence-corrected chi connectivity index (χ4v) is 7.13. The van der Waals surface area contributed by atoms with Crippen molar-refractivity contribution < 1.29 is 32.4 Å².